The number of nitrogens with zero attached hydrogens (tertiary/aromatic N) is 1. The molecular weight excluding hydrogens is 274 g/mol. The molecule has 112 valence electrons. The van der Waals surface area contributed by atoms with Gasteiger partial charge in [0, 0.05) is 26.1 Å². The zero-order valence-electron chi connectivity index (χ0n) is 12.5. The summed E-state index contributed by atoms with van der Waals surface area (Å²) in [7, 11) is 0. The van der Waals surface area contributed by atoms with Gasteiger partial charge in [-0.05, 0) is 17.7 Å². The summed E-state index contributed by atoms with van der Waals surface area (Å²) in [4.78, 5) is 14.8. The Balaban J connectivity index is 1.52. The lowest BCUT2D eigenvalue weighted by atomic mass is 9.89. The van der Waals surface area contributed by atoms with Crippen molar-refractivity contribution >= 4 is 5.78 Å². The van der Waals surface area contributed by atoms with Crippen LogP contribution in [-0.2, 0) is 6.54 Å². The monoisotopic (exact) mass is 293 g/mol. The highest BCUT2D eigenvalue weighted by molar-refractivity contribution is 6.00. The SMILES string of the molecule is O=C1CC2(CCN(Cc3ccccc3)C2)Oc2ccccc21. The van der Waals surface area contributed by atoms with Crippen LogP contribution in [-0.4, -0.2) is 29.4 Å². The molecular formula is C19H19NO2. The lowest BCUT2D eigenvalue weighted by Crippen LogP contribution is -2.44. The summed E-state index contributed by atoms with van der Waals surface area (Å²) in [6.45, 7) is 2.72. The Hall–Kier alpha value is -2.13. The number of likely N-dealkylation sites (tertiary alicyclic amines) is 1. The Morgan fingerprint density at radius 2 is 1.82 bits per heavy atom. The van der Waals surface area contributed by atoms with Crippen LogP contribution < -0.4 is 4.74 Å². The number of ketones is 1. The van der Waals surface area contributed by atoms with Crippen LogP contribution in [0.4, 0.5) is 0 Å². The van der Waals surface area contributed by atoms with Crippen LogP contribution in [0.3, 0.4) is 0 Å². The minimum atomic E-state index is -0.333. The van der Waals surface area contributed by atoms with Crippen molar-refractivity contribution in [3.63, 3.8) is 0 Å². The van der Waals surface area contributed by atoms with Crippen LogP contribution in [0.15, 0.2) is 54.6 Å². The van der Waals surface area contributed by atoms with E-state index in [2.05, 4.69) is 29.2 Å². The minimum absolute atomic E-state index is 0.211. The topological polar surface area (TPSA) is 29.5 Å². The summed E-state index contributed by atoms with van der Waals surface area (Å²) < 4.78 is 6.26. The molecule has 1 spiro atoms. The van der Waals surface area contributed by atoms with E-state index in [1.807, 2.05) is 30.3 Å². The molecule has 1 fully saturated rings. The van der Waals surface area contributed by atoms with E-state index in [-0.39, 0.29) is 11.4 Å². The van der Waals surface area contributed by atoms with E-state index < -0.39 is 0 Å². The van der Waals surface area contributed by atoms with Crippen molar-refractivity contribution in [3.05, 3.63) is 65.7 Å². The second-order valence-corrected chi connectivity index (χ2v) is 6.33. The molecule has 1 saturated heterocycles. The van der Waals surface area contributed by atoms with Gasteiger partial charge in [0.15, 0.2) is 5.78 Å². The van der Waals surface area contributed by atoms with E-state index in [0.717, 1.165) is 37.4 Å². The maximum absolute atomic E-state index is 12.4. The maximum atomic E-state index is 12.4. The largest absolute Gasteiger partial charge is 0.485 e. The van der Waals surface area contributed by atoms with Gasteiger partial charge in [-0.3, -0.25) is 9.69 Å². The standard InChI is InChI=1S/C19H19NO2/c21-17-12-19(22-18-9-5-4-8-16(17)18)10-11-20(14-19)13-15-6-2-1-3-7-15/h1-9H,10-14H2. The van der Waals surface area contributed by atoms with Gasteiger partial charge in [0.05, 0.1) is 12.0 Å². The Kier molecular flexibility index (Phi) is 3.23. The van der Waals surface area contributed by atoms with Crippen LogP contribution >= 0.6 is 0 Å². The maximum Gasteiger partial charge on any atom is 0.170 e. The quantitative estimate of drug-likeness (QED) is 0.851. The van der Waals surface area contributed by atoms with Crippen molar-refractivity contribution in [1.82, 2.24) is 4.90 Å². The highest BCUT2D eigenvalue weighted by atomic mass is 16.5. The summed E-state index contributed by atoms with van der Waals surface area (Å²) >= 11 is 0. The predicted molar refractivity (Wildman–Crippen MR) is 85.1 cm³/mol. The second-order valence-electron chi connectivity index (χ2n) is 6.33. The molecule has 22 heavy (non-hydrogen) atoms. The highest BCUT2D eigenvalue weighted by Gasteiger charge is 2.45. The average molecular weight is 293 g/mol. The first kappa shape index (κ1) is 13.5. The summed E-state index contributed by atoms with van der Waals surface area (Å²) in [5.74, 6) is 0.962. The molecule has 0 radical (unpaired) electrons. The Morgan fingerprint density at radius 3 is 2.68 bits per heavy atom. The molecule has 3 heteroatoms. The van der Waals surface area contributed by atoms with Crippen LogP contribution in [0.2, 0.25) is 0 Å². The molecule has 3 nitrogen and oxygen atoms in total. The van der Waals surface area contributed by atoms with Crippen LogP contribution in [0, 0.1) is 0 Å². The van der Waals surface area contributed by atoms with Gasteiger partial charge in [-0.2, -0.15) is 0 Å². The normalized spacial score (nSPS) is 24.3. The fraction of sp³-hybridized carbons (Fsp3) is 0.316. The number of Topliss-reactive ketones (excluding diaryl/α,β-unsaturated/α-hetero) is 1. The first-order chi connectivity index (χ1) is 10.7. The number of para-hydroxylation sites is 1. The molecule has 0 N–H and O–H groups in total. The minimum Gasteiger partial charge on any atom is -0.485 e. The third-order valence-electron chi connectivity index (χ3n) is 4.64. The fourth-order valence-corrected chi connectivity index (χ4v) is 3.57. The third-order valence-corrected chi connectivity index (χ3v) is 4.64. The van der Waals surface area contributed by atoms with E-state index >= 15 is 0 Å². The molecule has 0 bridgehead atoms. The van der Waals surface area contributed by atoms with Crippen molar-refractivity contribution in [2.75, 3.05) is 13.1 Å². The molecule has 1 unspecified atom stereocenters. The van der Waals surface area contributed by atoms with Gasteiger partial charge >= 0.3 is 0 Å². The number of carbonyl (C=O) groups excluding carboxylic acids is 1. The van der Waals surface area contributed by atoms with Gasteiger partial charge in [0.1, 0.15) is 11.4 Å². The second kappa shape index (κ2) is 5.25. The number of fused-ring (bicyclic) bond motifs is 1. The molecule has 0 amide bonds. The van der Waals surface area contributed by atoms with Gasteiger partial charge < -0.3 is 4.74 Å². The third kappa shape index (κ3) is 2.42. The molecule has 2 aliphatic heterocycles. The molecule has 0 aromatic heterocycles. The van der Waals surface area contributed by atoms with Gasteiger partial charge in [0.25, 0.3) is 0 Å². The lowest BCUT2D eigenvalue weighted by Gasteiger charge is -2.34. The number of benzene rings is 2. The van der Waals surface area contributed by atoms with Gasteiger partial charge in [-0.25, -0.2) is 0 Å². The molecule has 0 saturated carbocycles. The van der Waals surface area contributed by atoms with Crippen molar-refractivity contribution in [2.45, 2.75) is 25.0 Å². The zero-order chi connectivity index (χ0) is 15.0. The Labute approximate surface area is 130 Å². The molecule has 0 aliphatic carbocycles. The highest BCUT2D eigenvalue weighted by Crippen LogP contribution is 2.38. The van der Waals surface area contributed by atoms with Gasteiger partial charge in [0.2, 0.25) is 0 Å². The summed E-state index contributed by atoms with van der Waals surface area (Å²) in [6.07, 6.45) is 1.41. The van der Waals surface area contributed by atoms with Crippen LogP contribution in [0.1, 0.15) is 28.8 Å². The van der Waals surface area contributed by atoms with E-state index in [1.165, 1.54) is 5.56 Å². The first-order valence-electron chi connectivity index (χ1n) is 7.82. The van der Waals surface area contributed by atoms with E-state index in [9.17, 15) is 4.79 Å². The Bertz CT molecular complexity index is 698. The van der Waals surface area contributed by atoms with Crippen molar-refractivity contribution in [2.24, 2.45) is 0 Å². The molecule has 2 aromatic rings. The summed E-state index contributed by atoms with van der Waals surface area (Å²) in [5, 5.41) is 0. The van der Waals surface area contributed by atoms with Crippen molar-refractivity contribution in [3.8, 4) is 5.75 Å². The first-order valence-corrected chi connectivity index (χ1v) is 7.82. The number of carbonyl (C=O) groups is 1. The van der Waals surface area contributed by atoms with Crippen LogP contribution in [0.5, 0.6) is 5.75 Å². The lowest BCUT2D eigenvalue weighted by molar-refractivity contribution is 0.0455. The number of rotatable bonds is 2. The predicted octanol–water partition coefficient (Wildman–Crippen LogP) is 3.30. The van der Waals surface area contributed by atoms with Gasteiger partial charge in [-0.1, -0.05) is 42.5 Å². The smallest absolute Gasteiger partial charge is 0.170 e. The van der Waals surface area contributed by atoms with E-state index in [4.69, 9.17) is 4.74 Å². The summed E-state index contributed by atoms with van der Waals surface area (Å²) in [5.41, 5.74) is 1.71. The van der Waals surface area contributed by atoms with Crippen molar-refractivity contribution < 1.29 is 9.53 Å². The number of hydrogen-bond acceptors (Lipinski definition) is 3. The molecule has 2 heterocycles. The van der Waals surface area contributed by atoms with E-state index in [0.29, 0.717) is 6.42 Å². The van der Waals surface area contributed by atoms with E-state index in [1.54, 1.807) is 0 Å². The molecule has 4 rings (SSSR count). The molecule has 1 atom stereocenters. The van der Waals surface area contributed by atoms with Crippen molar-refractivity contribution in [1.29, 1.82) is 0 Å². The fourth-order valence-electron chi connectivity index (χ4n) is 3.57. The molecule has 2 aliphatic rings. The van der Waals surface area contributed by atoms with Gasteiger partial charge in [-0.15, -0.1) is 0 Å². The van der Waals surface area contributed by atoms with Crippen LogP contribution in [0.25, 0.3) is 0 Å². The molecule has 2 aromatic carbocycles. The number of ether oxygens (including phenoxy) is 1. The average Bonchev–Trinajstić information content (AvgIpc) is 2.90. The number of hydrogen-bond donors (Lipinski definition) is 0. The Morgan fingerprint density at radius 1 is 1.05 bits per heavy atom. The zero-order valence-corrected chi connectivity index (χ0v) is 12.5. The summed E-state index contributed by atoms with van der Waals surface area (Å²) in [6, 6.07) is 18.1.